The van der Waals surface area contributed by atoms with Gasteiger partial charge in [-0.3, -0.25) is 4.90 Å². The number of anilines is 1. The molecule has 4 rings (SSSR count). The van der Waals surface area contributed by atoms with E-state index in [1.807, 2.05) is 18.3 Å². The fourth-order valence-electron chi connectivity index (χ4n) is 3.60. The maximum atomic E-state index is 5.83. The van der Waals surface area contributed by atoms with E-state index in [9.17, 15) is 0 Å². The Morgan fingerprint density at radius 3 is 2.69 bits per heavy atom. The monoisotopic (exact) mass is 357 g/mol. The summed E-state index contributed by atoms with van der Waals surface area (Å²) in [6.45, 7) is 8.97. The first-order chi connectivity index (χ1) is 12.7. The van der Waals surface area contributed by atoms with E-state index in [0.717, 1.165) is 37.6 Å². The van der Waals surface area contributed by atoms with Crippen LogP contribution in [0.1, 0.15) is 45.1 Å². The number of morpholine rings is 1. The summed E-state index contributed by atoms with van der Waals surface area (Å²) in [4.78, 5) is 13.9. The molecule has 0 unspecified atom stereocenters. The Bertz CT molecular complexity index is 709. The summed E-state index contributed by atoms with van der Waals surface area (Å²) in [5, 5.41) is 4.14. The van der Waals surface area contributed by atoms with Crippen LogP contribution >= 0.6 is 0 Å². The molecule has 7 nitrogen and oxygen atoms in total. The van der Waals surface area contributed by atoms with E-state index in [1.165, 1.54) is 19.3 Å². The van der Waals surface area contributed by atoms with Crippen molar-refractivity contribution in [3.63, 3.8) is 0 Å². The number of ether oxygens (including phenoxy) is 1. The molecule has 2 aliphatic heterocycles. The molecule has 0 radical (unpaired) electrons. The molecule has 0 aliphatic carbocycles. The van der Waals surface area contributed by atoms with Gasteiger partial charge >= 0.3 is 0 Å². The highest BCUT2D eigenvalue weighted by molar-refractivity contribution is 5.56. The Balaban J connectivity index is 1.45. The smallest absolute Gasteiger partial charge is 0.257 e. The van der Waals surface area contributed by atoms with Crippen molar-refractivity contribution in [2.45, 2.75) is 45.3 Å². The van der Waals surface area contributed by atoms with Crippen molar-refractivity contribution in [3.05, 3.63) is 24.2 Å². The zero-order valence-electron chi connectivity index (χ0n) is 15.6. The standard InChI is InChI=1S/C19H27N5O2/c1-14(2)24-10-11-25-16(13-24)19-21-18(22-26-19)15-6-7-17(20-12-15)23-8-4-3-5-9-23/h6-7,12,14,16H,3-5,8-11,13H2,1-2H3/t16-/m1/s1. The summed E-state index contributed by atoms with van der Waals surface area (Å²) in [6, 6.07) is 4.55. The maximum Gasteiger partial charge on any atom is 0.257 e. The lowest BCUT2D eigenvalue weighted by atomic mass is 10.1. The maximum absolute atomic E-state index is 5.83. The Kier molecular flexibility index (Phi) is 5.17. The molecule has 26 heavy (non-hydrogen) atoms. The lowest BCUT2D eigenvalue weighted by Crippen LogP contribution is -2.42. The van der Waals surface area contributed by atoms with E-state index in [-0.39, 0.29) is 6.10 Å². The van der Waals surface area contributed by atoms with E-state index in [4.69, 9.17) is 9.26 Å². The molecule has 0 aromatic carbocycles. The topological polar surface area (TPSA) is 67.5 Å². The van der Waals surface area contributed by atoms with E-state index < -0.39 is 0 Å². The van der Waals surface area contributed by atoms with Crippen LogP contribution in [0.4, 0.5) is 5.82 Å². The zero-order valence-corrected chi connectivity index (χ0v) is 15.6. The third-order valence-electron chi connectivity index (χ3n) is 5.23. The molecule has 140 valence electrons. The minimum absolute atomic E-state index is 0.159. The highest BCUT2D eigenvalue weighted by Gasteiger charge is 2.28. The Hall–Kier alpha value is -1.99. The van der Waals surface area contributed by atoms with Crippen molar-refractivity contribution in [3.8, 4) is 11.4 Å². The van der Waals surface area contributed by atoms with Gasteiger partial charge in [-0.2, -0.15) is 4.98 Å². The van der Waals surface area contributed by atoms with Crippen molar-refractivity contribution in [1.82, 2.24) is 20.0 Å². The van der Waals surface area contributed by atoms with Gasteiger partial charge in [0.05, 0.1) is 6.61 Å². The van der Waals surface area contributed by atoms with Gasteiger partial charge < -0.3 is 14.2 Å². The van der Waals surface area contributed by atoms with Gasteiger partial charge in [0.1, 0.15) is 11.9 Å². The van der Waals surface area contributed by atoms with E-state index in [1.54, 1.807) is 0 Å². The van der Waals surface area contributed by atoms with Crippen molar-refractivity contribution >= 4 is 5.82 Å². The summed E-state index contributed by atoms with van der Waals surface area (Å²) in [5.41, 5.74) is 0.872. The lowest BCUT2D eigenvalue weighted by molar-refractivity contribution is -0.0539. The first kappa shape index (κ1) is 17.4. The highest BCUT2D eigenvalue weighted by atomic mass is 16.5. The highest BCUT2D eigenvalue weighted by Crippen LogP contribution is 2.25. The van der Waals surface area contributed by atoms with E-state index in [0.29, 0.717) is 24.4 Å². The van der Waals surface area contributed by atoms with Gasteiger partial charge in [-0.05, 0) is 45.2 Å². The third kappa shape index (κ3) is 3.73. The fourth-order valence-corrected chi connectivity index (χ4v) is 3.60. The van der Waals surface area contributed by atoms with Gasteiger partial charge in [0.15, 0.2) is 0 Å². The third-order valence-corrected chi connectivity index (χ3v) is 5.23. The summed E-state index contributed by atoms with van der Waals surface area (Å²) in [5.74, 6) is 2.15. The zero-order chi connectivity index (χ0) is 17.9. The van der Waals surface area contributed by atoms with Crippen LogP contribution in [0.25, 0.3) is 11.4 Å². The minimum Gasteiger partial charge on any atom is -0.366 e. The van der Waals surface area contributed by atoms with Gasteiger partial charge in [-0.15, -0.1) is 0 Å². The Morgan fingerprint density at radius 1 is 1.12 bits per heavy atom. The van der Waals surface area contributed by atoms with Gasteiger partial charge in [0.2, 0.25) is 5.82 Å². The molecule has 0 N–H and O–H groups in total. The average molecular weight is 357 g/mol. The second-order valence-electron chi connectivity index (χ2n) is 7.36. The van der Waals surface area contributed by atoms with Gasteiger partial charge in [-0.1, -0.05) is 5.16 Å². The van der Waals surface area contributed by atoms with Crippen molar-refractivity contribution in [2.75, 3.05) is 37.7 Å². The molecular formula is C19H27N5O2. The molecule has 0 amide bonds. The van der Waals surface area contributed by atoms with Crippen LogP contribution in [-0.2, 0) is 4.74 Å². The van der Waals surface area contributed by atoms with Crippen LogP contribution in [0.15, 0.2) is 22.9 Å². The predicted molar refractivity (Wildman–Crippen MR) is 99.0 cm³/mol. The normalized spacial score (nSPS) is 22.1. The predicted octanol–water partition coefficient (Wildman–Crippen LogP) is 2.90. The summed E-state index contributed by atoms with van der Waals surface area (Å²) < 4.78 is 11.3. The second kappa shape index (κ2) is 7.72. The summed E-state index contributed by atoms with van der Waals surface area (Å²) in [6.07, 6.45) is 5.48. The molecule has 0 bridgehead atoms. The summed E-state index contributed by atoms with van der Waals surface area (Å²) in [7, 11) is 0. The lowest BCUT2D eigenvalue weighted by Gasteiger charge is -2.33. The van der Waals surface area contributed by atoms with Crippen LogP contribution in [0.5, 0.6) is 0 Å². The number of hydrogen-bond donors (Lipinski definition) is 0. The molecular weight excluding hydrogens is 330 g/mol. The van der Waals surface area contributed by atoms with Gasteiger partial charge in [0.25, 0.3) is 5.89 Å². The van der Waals surface area contributed by atoms with E-state index >= 15 is 0 Å². The van der Waals surface area contributed by atoms with Crippen molar-refractivity contribution < 1.29 is 9.26 Å². The number of nitrogens with zero attached hydrogens (tertiary/aromatic N) is 5. The molecule has 1 atom stereocenters. The number of hydrogen-bond acceptors (Lipinski definition) is 7. The van der Waals surface area contributed by atoms with Crippen LogP contribution in [0.3, 0.4) is 0 Å². The molecule has 2 aliphatic rings. The molecule has 2 saturated heterocycles. The first-order valence-corrected chi connectivity index (χ1v) is 9.61. The van der Waals surface area contributed by atoms with Gasteiger partial charge in [-0.25, -0.2) is 4.98 Å². The van der Waals surface area contributed by atoms with Crippen LogP contribution in [0, 0.1) is 0 Å². The van der Waals surface area contributed by atoms with Crippen LogP contribution < -0.4 is 4.90 Å². The Morgan fingerprint density at radius 2 is 1.96 bits per heavy atom. The van der Waals surface area contributed by atoms with E-state index in [2.05, 4.69) is 38.8 Å². The fraction of sp³-hybridized carbons (Fsp3) is 0.632. The number of piperidine rings is 1. The van der Waals surface area contributed by atoms with Crippen molar-refractivity contribution in [1.29, 1.82) is 0 Å². The number of pyridine rings is 1. The largest absolute Gasteiger partial charge is 0.366 e. The second-order valence-corrected chi connectivity index (χ2v) is 7.36. The molecule has 2 aromatic rings. The van der Waals surface area contributed by atoms with Gasteiger partial charge in [0, 0.05) is 44.0 Å². The quantitative estimate of drug-likeness (QED) is 0.833. The van der Waals surface area contributed by atoms with Crippen LogP contribution in [0.2, 0.25) is 0 Å². The SMILES string of the molecule is CC(C)N1CCO[C@@H](c2nc(-c3ccc(N4CCCCC4)nc3)no2)C1. The van der Waals surface area contributed by atoms with Crippen molar-refractivity contribution in [2.24, 2.45) is 0 Å². The average Bonchev–Trinajstić information content (AvgIpc) is 3.19. The van der Waals surface area contributed by atoms with Crippen LogP contribution in [-0.4, -0.2) is 58.9 Å². The first-order valence-electron chi connectivity index (χ1n) is 9.61. The number of rotatable bonds is 4. The molecule has 2 fully saturated rings. The Labute approximate surface area is 154 Å². The minimum atomic E-state index is -0.159. The molecule has 0 spiro atoms. The molecule has 2 aromatic heterocycles. The molecule has 4 heterocycles. The molecule has 7 heteroatoms. The molecule has 0 saturated carbocycles. The number of aromatic nitrogens is 3. The summed E-state index contributed by atoms with van der Waals surface area (Å²) >= 11 is 0.